The molecule has 1 fully saturated rings. The van der Waals surface area contributed by atoms with Gasteiger partial charge in [0.25, 0.3) is 0 Å². The fourth-order valence-corrected chi connectivity index (χ4v) is 5.74. The van der Waals surface area contributed by atoms with E-state index in [4.69, 9.17) is 4.74 Å². The largest absolute Gasteiger partial charge is 0.493 e. The molecule has 4 aromatic rings. The standard InChI is InChI=1S/C32H33N3O2/c1-22-33-29-13-11-26(21-30(29)34-22)25-12-14-31-27(20-25)10-9-24(15-17-37-31)19-32(36)35-16-5-8-28(35)18-23-6-3-2-4-7-23/h2-4,6-7,9,11-14,20-21,28H,5,8,10,15-19H2,1H3,(H,33,34)/b24-9+. The molecule has 0 bridgehead atoms. The molecule has 0 aliphatic carbocycles. The lowest BCUT2D eigenvalue weighted by Crippen LogP contribution is -2.37. The molecule has 2 aliphatic rings. The minimum atomic E-state index is 0.252. The number of H-pyrrole nitrogens is 1. The molecular formula is C32H33N3O2. The number of hydrogen-bond acceptors (Lipinski definition) is 3. The van der Waals surface area contributed by atoms with E-state index in [9.17, 15) is 4.79 Å². The van der Waals surface area contributed by atoms with Crippen LogP contribution in [0.3, 0.4) is 0 Å². The van der Waals surface area contributed by atoms with Crippen molar-refractivity contribution in [3.63, 3.8) is 0 Å². The van der Waals surface area contributed by atoms with Gasteiger partial charge in [-0.05, 0) is 79.1 Å². The molecule has 2 aliphatic heterocycles. The number of carbonyl (C=O) groups is 1. The van der Waals surface area contributed by atoms with Crippen molar-refractivity contribution in [2.75, 3.05) is 13.2 Å². The molecule has 1 unspecified atom stereocenters. The lowest BCUT2D eigenvalue weighted by Gasteiger charge is -2.26. The summed E-state index contributed by atoms with van der Waals surface area (Å²) in [6.45, 7) is 3.44. The van der Waals surface area contributed by atoms with Gasteiger partial charge in [-0.3, -0.25) is 4.79 Å². The summed E-state index contributed by atoms with van der Waals surface area (Å²) >= 11 is 0. The fourth-order valence-electron chi connectivity index (χ4n) is 5.74. The molecule has 1 saturated heterocycles. The van der Waals surface area contributed by atoms with Gasteiger partial charge in [0.1, 0.15) is 11.6 Å². The van der Waals surface area contributed by atoms with Gasteiger partial charge in [0, 0.05) is 25.4 Å². The second-order valence-electron chi connectivity index (χ2n) is 10.3. The zero-order chi connectivity index (χ0) is 25.2. The third kappa shape index (κ3) is 5.17. The molecule has 1 amide bonds. The molecule has 3 aromatic carbocycles. The Bertz CT molecular complexity index is 1450. The van der Waals surface area contributed by atoms with Gasteiger partial charge in [-0.15, -0.1) is 0 Å². The summed E-state index contributed by atoms with van der Waals surface area (Å²) in [5.74, 6) is 2.11. The van der Waals surface area contributed by atoms with Crippen LogP contribution in [0.5, 0.6) is 5.75 Å². The monoisotopic (exact) mass is 491 g/mol. The normalized spacial score (nSPS) is 19.0. The number of rotatable bonds is 5. The summed E-state index contributed by atoms with van der Waals surface area (Å²) < 4.78 is 6.15. The number of aromatic nitrogens is 2. The predicted octanol–water partition coefficient (Wildman–Crippen LogP) is 6.41. The number of fused-ring (bicyclic) bond motifs is 2. The van der Waals surface area contributed by atoms with Crippen molar-refractivity contribution < 1.29 is 9.53 Å². The number of nitrogens with one attached hydrogen (secondary N) is 1. The molecule has 3 heterocycles. The molecule has 37 heavy (non-hydrogen) atoms. The molecule has 0 saturated carbocycles. The van der Waals surface area contributed by atoms with Crippen molar-refractivity contribution in [3.05, 3.63) is 95.3 Å². The number of aromatic amines is 1. The van der Waals surface area contributed by atoms with Gasteiger partial charge in [0.05, 0.1) is 17.6 Å². The molecule has 5 heteroatoms. The Morgan fingerprint density at radius 3 is 2.81 bits per heavy atom. The van der Waals surface area contributed by atoms with Crippen molar-refractivity contribution in [1.29, 1.82) is 0 Å². The van der Waals surface area contributed by atoms with E-state index in [0.717, 1.165) is 77.9 Å². The zero-order valence-corrected chi connectivity index (χ0v) is 21.4. The van der Waals surface area contributed by atoms with Crippen LogP contribution in [-0.2, 0) is 17.6 Å². The smallest absolute Gasteiger partial charge is 0.226 e. The average Bonchev–Trinajstić information content (AvgIpc) is 3.51. The minimum Gasteiger partial charge on any atom is -0.493 e. The lowest BCUT2D eigenvalue weighted by atomic mass is 9.97. The Labute approximate surface area is 218 Å². The van der Waals surface area contributed by atoms with E-state index in [-0.39, 0.29) is 5.91 Å². The van der Waals surface area contributed by atoms with Crippen LogP contribution in [0.1, 0.15) is 42.6 Å². The van der Waals surface area contributed by atoms with E-state index >= 15 is 0 Å². The van der Waals surface area contributed by atoms with Gasteiger partial charge in [-0.1, -0.05) is 54.1 Å². The summed E-state index contributed by atoms with van der Waals surface area (Å²) in [6.07, 6.45) is 7.42. The van der Waals surface area contributed by atoms with Crippen LogP contribution >= 0.6 is 0 Å². The number of ether oxygens (including phenoxy) is 1. The number of benzene rings is 3. The first-order valence-electron chi connectivity index (χ1n) is 13.4. The first-order valence-corrected chi connectivity index (χ1v) is 13.4. The van der Waals surface area contributed by atoms with Crippen LogP contribution < -0.4 is 4.74 Å². The first-order chi connectivity index (χ1) is 18.1. The first kappa shape index (κ1) is 23.5. The van der Waals surface area contributed by atoms with Gasteiger partial charge in [-0.2, -0.15) is 0 Å². The quantitative estimate of drug-likeness (QED) is 0.328. The molecule has 1 N–H and O–H groups in total. The molecule has 1 atom stereocenters. The van der Waals surface area contributed by atoms with E-state index < -0.39 is 0 Å². The fraction of sp³-hybridized carbons (Fsp3) is 0.312. The van der Waals surface area contributed by atoms with Crippen LogP contribution in [0.25, 0.3) is 22.2 Å². The summed E-state index contributed by atoms with van der Waals surface area (Å²) in [5, 5.41) is 0. The van der Waals surface area contributed by atoms with Crippen molar-refractivity contribution in [3.8, 4) is 16.9 Å². The molecule has 0 spiro atoms. The maximum Gasteiger partial charge on any atom is 0.226 e. The zero-order valence-electron chi connectivity index (χ0n) is 21.4. The SMILES string of the molecule is Cc1nc2ccc(-c3ccc4c(c3)C/C=C(/CC(=O)N3CCCC3Cc3ccccc3)CCO4)cc2[nH]1. The molecular weight excluding hydrogens is 458 g/mol. The number of allylic oxidation sites excluding steroid dienone is 1. The molecule has 188 valence electrons. The Kier molecular flexibility index (Phi) is 6.52. The maximum atomic E-state index is 13.3. The number of amides is 1. The number of aryl methyl sites for hydroxylation is 1. The molecule has 5 nitrogen and oxygen atoms in total. The number of likely N-dealkylation sites (tertiary alicyclic amines) is 1. The summed E-state index contributed by atoms with van der Waals surface area (Å²) in [4.78, 5) is 23.3. The molecule has 6 rings (SSSR count). The Morgan fingerprint density at radius 1 is 1.08 bits per heavy atom. The number of hydrogen-bond donors (Lipinski definition) is 1. The third-order valence-electron chi connectivity index (χ3n) is 7.68. The molecule has 1 aromatic heterocycles. The third-order valence-corrected chi connectivity index (χ3v) is 7.68. The van der Waals surface area contributed by atoms with Gasteiger partial charge in [-0.25, -0.2) is 4.98 Å². The minimum absolute atomic E-state index is 0.252. The topological polar surface area (TPSA) is 58.2 Å². The van der Waals surface area contributed by atoms with Gasteiger partial charge in [0.2, 0.25) is 5.91 Å². The van der Waals surface area contributed by atoms with E-state index in [2.05, 4.69) is 81.6 Å². The molecule has 0 radical (unpaired) electrons. The highest BCUT2D eigenvalue weighted by molar-refractivity contribution is 5.82. The Hall–Kier alpha value is -3.86. The second kappa shape index (κ2) is 10.3. The van der Waals surface area contributed by atoms with Crippen molar-refractivity contribution in [2.45, 2.75) is 51.5 Å². The van der Waals surface area contributed by atoms with E-state index in [1.165, 1.54) is 11.1 Å². The Morgan fingerprint density at radius 2 is 1.92 bits per heavy atom. The van der Waals surface area contributed by atoms with Crippen molar-refractivity contribution in [1.82, 2.24) is 14.9 Å². The maximum absolute atomic E-state index is 13.3. The second-order valence-corrected chi connectivity index (χ2v) is 10.3. The average molecular weight is 492 g/mol. The van der Waals surface area contributed by atoms with Crippen molar-refractivity contribution >= 4 is 16.9 Å². The van der Waals surface area contributed by atoms with Crippen LogP contribution in [0.15, 0.2) is 78.4 Å². The van der Waals surface area contributed by atoms with E-state index in [0.29, 0.717) is 19.1 Å². The predicted molar refractivity (Wildman–Crippen MR) is 148 cm³/mol. The highest BCUT2D eigenvalue weighted by Crippen LogP contribution is 2.31. The summed E-state index contributed by atoms with van der Waals surface area (Å²) in [6, 6.07) is 23.6. The summed E-state index contributed by atoms with van der Waals surface area (Å²) in [5.41, 5.74) is 7.98. The number of imidazole rings is 1. The highest BCUT2D eigenvalue weighted by Gasteiger charge is 2.29. The van der Waals surface area contributed by atoms with Gasteiger partial charge in [0.15, 0.2) is 0 Å². The lowest BCUT2D eigenvalue weighted by molar-refractivity contribution is -0.131. The van der Waals surface area contributed by atoms with Crippen LogP contribution in [0.4, 0.5) is 0 Å². The highest BCUT2D eigenvalue weighted by atomic mass is 16.5. The van der Waals surface area contributed by atoms with E-state index in [1.807, 2.05) is 13.0 Å². The van der Waals surface area contributed by atoms with Crippen LogP contribution in [0.2, 0.25) is 0 Å². The summed E-state index contributed by atoms with van der Waals surface area (Å²) in [7, 11) is 0. The van der Waals surface area contributed by atoms with Gasteiger partial charge >= 0.3 is 0 Å². The number of carbonyl (C=O) groups excluding carboxylic acids is 1. The van der Waals surface area contributed by atoms with Crippen LogP contribution in [0, 0.1) is 6.92 Å². The number of nitrogens with zero attached hydrogens (tertiary/aromatic N) is 2. The van der Waals surface area contributed by atoms with Gasteiger partial charge < -0.3 is 14.6 Å². The van der Waals surface area contributed by atoms with E-state index in [1.54, 1.807) is 0 Å². The Balaban J connectivity index is 1.17. The van der Waals surface area contributed by atoms with Crippen molar-refractivity contribution in [2.24, 2.45) is 0 Å². The van der Waals surface area contributed by atoms with Crippen LogP contribution in [-0.4, -0.2) is 40.0 Å².